The van der Waals surface area contributed by atoms with E-state index in [1.807, 2.05) is 11.8 Å². The third-order valence-electron chi connectivity index (χ3n) is 2.97. The molecule has 1 aromatic carbocycles. The lowest BCUT2D eigenvalue weighted by Crippen LogP contribution is -2.15. The van der Waals surface area contributed by atoms with E-state index in [0.29, 0.717) is 11.6 Å². The van der Waals surface area contributed by atoms with Crippen molar-refractivity contribution in [2.24, 2.45) is 5.92 Å². The second kappa shape index (κ2) is 5.48. The van der Waals surface area contributed by atoms with Gasteiger partial charge in [0.1, 0.15) is 5.82 Å². The minimum absolute atomic E-state index is 0.263. The van der Waals surface area contributed by atoms with Gasteiger partial charge in [-0.2, -0.15) is 11.8 Å². The number of hydrogen-bond donors (Lipinski definition) is 3. The van der Waals surface area contributed by atoms with Crippen LogP contribution in [0.25, 0.3) is 0 Å². The van der Waals surface area contributed by atoms with Crippen molar-refractivity contribution in [3.05, 3.63) is 23.5 Å². The molecule has 4 nitrogen and oxygen atoms in total. The number of aromatic carboxylic acids is 1. The number of halogens is 1. The standard InChI is InChI=1S/C12H15FN2O2S/c13-9-4-11(10(14)3-8(9)12(16)17)15-5-7-1-2-18-6-7/h3-4,7,15H,1-2,5-6,14H2,(H,16,17). The molecule has 1 fully saturated rings. The highest BCUT2D eigenvalue weighted by Crippen LogP contribution is 2.26. The smallest absolute Gasteiger partial charge is 0.338 e. The Labute approximate surface area is 109 Å². The van der Waals surface area contributed by atoms with E-state index >= 15 is 0 Å². The highest BCUT2D eigenvalue weighted by Gasteiger charge is 2.17. The van der Waals surface area contributed by atoms with E-state index in [4.69, 9.17) is 10.8 Å². The quantitative estimate of drug-likeness (QED) is 0.732. The van der Waals surface area contributed by atoms with Crippen molar-refractivity contribution in [3.8, 4) is 0 Å². The number of thioether (sulfide) groups is 1. The van der Waals surface area contributed by atoms with Gasteiger partial charge < -0.3 is 16.2 Å². The maximum atomic E-state index is 13.5. The largest absolute Gasteiger partial charge is 0.478 e. The van der Waals surface area contributed by atoms with Gasteiger partial charge in [0.25, 0.3) is 0 Å². The second-order valence-corrected chi connectivity index (χ2v) is 5.48. The molecule has 1 heterocycles. The number of nitrogens with one attached hydrogen (secondary N) is 1. The van der Waals surface area contributed by atoms with Gasteiger partial charge in [0.2, 0.25) is 0 Å². The number of carbonyl (C=O) groups is 1. The molecule has 0 saturated carbocycles. The fourth-order valence-corrected chi connectivity index (χ4v) is 3.19. The van der Waals surface area contributed by atoms with Gasteiger partial charge in [-0.05, 0) is 36.0 Å². The van der Waals surface area contributed by atoms with Crippen molar-refractivity contribution in [3.63, 3.8) is 0 Å². The normalized spacial score (nSPS) is 18.8. The first-order valence-electron chi connectivity index (χ1n) is 5.72. The minimum atomic E-state index is -1.31. The van der Waals surface area contributed by atoms with Crippen LogP contribution in [-0.2, 0) is 0 Å². The monoisotopic (exact) mass is 270 g/mol. The van der Waals surface area contributed by atoms with E-state index in [9.17, 15) is 9.18 Å². The van der Waals surface area contributed by atoms with Crippen LogP contribution >= 0.6 is 11.8 Å². The van der Waals surface area contributed by atoms with Gasteiger partial charge in [-0.15, -0.1) is 0 Å². The van der Waals surface area contributed by atoms with Crippen LogP contribution in [0.5, 0.6) is 0 Å². The third-order valence-corrected chi connectivity index (χ3v) is 4.21. The van der Waals surface area contributed by atoms with Crippen molar-refractivity contribution < 1.29 is 14.3 Å². The summed E-state index contributed by atoms with van der Waals surface area (Å²) in [6.45, 7) is 0.739. The van der Waals surface area contributed by atoms with Crippen LogP contribution in [0.15, 0.2) is 12.1 Å². The molecule has 1 unspecified atom stereocenters. The van der Waals surface area contributed by atoms with Gasteiger partial charge in [-0.1, -0.05) is 0 Å². The molecular formula is C12H15FN2O2S. The Balaban J connectivity index is 2.08. The third kappa shape index (κ3) is 2.87. The summed E-state index contributed by atoms with van der Waals surface area (Å²) in [5.74, 6) is 0.756. The Hall–Kier alpha value is -1.43. The maximum Gasteiger partial charge on any atom is 0.338 e. The molecule has 2 rings (SSSR count). The summed E-state index contributed by atoms with van der Waals surface area (Å²) >= 11 is 1.91. The van der Waals surface area contributed by atoms with Crippen LogP contribution in [-0.4, -0.2) is 29.1 Å². The molecule has 4 N–H and O–H groups in total. The molecule has 1 atom stereocenters. The maximum absolute atomic E-state index is 13.5. The molecule has 18 heavy (non-hydrogen) atoms. The first-order chi connectivity index (χ1) is 8.58. The summed E-state index contributed by atoms with van der Waals surface area (Å²) in [4.78, 5) is 10.7. The Kier molecular flexibility index (Phi) is 3.96. The number of anilines is 2. The van der Waals surface area contributed by atoms with E-state index in [2.05, 4.69) is 5.32 Å². The van der Waals surface area contributed by atoms with Gasteiger partial charge >= 0.3 is 5.97 Å². The van der Waals surface area contributed by atoms with Crippen LogP contribution in [0.2, 0.25) is 0 Å². The molecule has 0 spiro atoms. The van der Waals surface area contributed by atoms with Crippen molar-refractivity contribution in [1.29, 1.82) is 0 Å². The van der Waals surface area contributed by atoms with E-state index in [1.165, 1.54) is 0 Å². The van der Waals surface area contributed by atoms with Crippen LogP contribution in [0, 0.1) is 11.7 Å². The van der Waals surface area contributed by atoms with Gasteiger partial charge in [-0.25, -0.2) is 9.18 Å². The summed E-state index contributed by atoms with van der Waals surface area (Å²) in [7, 11) is 0. The fraction of sp³-hybridized carbons (Fsp3) is 0.417. The molecule has 0 bridgehead atoms. The predicted octanol–water partition coefficient (Wildman–Crippen LogP) is 2.27. The molecular weight excluding hydrogens is 255 g/mol. The Morgan fingerprint density at radius 2 is 2.39 bits per heavy atom. The minimum Gasteiger partial charge on any atom is -0.478 e. The van der Waals surface area contributed by atoms with Crippen LogP contribution in [0.1, 0.15) is 16.8 Å². The number of carboxylic acid groups (broad SMARTS) is 1. The fourth-order valence-electron chi connectivity index (χ4n) is 1.91. The molecule has 1 aliphatic heterocycles. The zero-order chi connectivity index (χ0) is 13.1. The zero-order valence-electron chi connectivity index (χ0n) is 9.78. The first kappa shape index (κ1) is 13.0. The Morgan fingerprint density at radius 3 is 3.00 bits per heavy atom. The Morgan fingerprint density at radius 1 is 1.61 bits per heavy atom. The molecule has 0 amide bonds. The molecule has 0 aromatic heterocycles. The molecule has 0 aliphatic carbocycles. The molecule has 0 radical (unpaired) electrons. The lowest BCUT2D eigenvalue weighted by molar-refractivity contribution is 0.0692. The van der Waals surface area contributed by atoms with Crippen LogP contribution in [0.4, 0.5) is 15.8 Å². The highest BCUT2D eigenvalue weighted by atomic mass is 32.2. The van der Waals surface area contributed by atoms with E-state index in [0.717, 1.165) is 36.6 Å². The Bertz CT molecular complexity index is 462. The summed E-state index contributed by atoms with van der Waals surface area (Å²) in [6, 6.07) is 2.31. The average Bonchev–Trinajstić information content (AvgIpc) is 2.82. The van der Waals surface area contributed by atoms with Crippen LogP contribution < -0.4 is 11.1 Å². The molecule has 1 aliphatic rings. The number of benzene rings is 1. The topological polar surface area (TPSA) is 75.4 Å². The molecule has 1 saturated heterocycles. The van der Waals surface area contributed by atoms with Crippen molar-refractivity contribution in [2.45, 2.75) is 6.42 Å². The number of nitrogens with two attached hydrogens (primary N) is 1. The average molecular weight is 270 g/mol. The highest BCUT2D eigenvalue weighted by molar-refractivity contribution is 7.99. The summed E-state index contributed by atoms with van der Waals surface area (Å²) in [5, 5.41) is 11.9. The molecule has 6 heteroatoms. The van der Waals surface area contributed by atoms with Gasteiger partial charge in [0.05, 0.1) is 16.9 Å². The number of rotatable bonds is 4. The number of carboxylic acids is 1. The predicted molar refractivity (Wildman–Crippen MR) is 71.7 cm³/mol. The van der Waals surface area contributed by atoms with E-state index in [1.54, 1.807) is 0 Å². The van der Waals surface area contributed by atoms with E-state index in [-0.39, 0.29) is 5.69 Å². The van der Waals surface area contributed by atoms with Gasteiger partial charge in [0, 0.05) is 6.54 Å². The van der Waals surface area contributed by atoms with Crippen LogP contribution in [0.3, 0.4) is 0 Å². The lowest BCUT2D eigenvalue weighted by atomic mass is 10.1. The molecule has 98 valence electrons. The van der Waals surface area contributed by atoms with Gasteiger partial charge in [-0.3, -0.25) is 0 Å². The summed E-state index contributed by atoms with van der Waals surface area (Å²) in [6.07, 6.45) is 1.15. The van der Waals surface area contributed by atoms with E-state index < -0.39 is 17.3 Å². The summed E-state index contributed by atoms with van der Waals surface area (Å²) in [5.41, 5.74) is 6.05. The van der Waals surface area contributed by atoms with Gasteiger partial charge in [0.15, 0.2) is 0 Å². The lowest BCUT2D eigenvalue weighted by Gasteiger charge is -2.14. The first-order valence-corrected chi connectivity index (χ1v) is 6.87. The number of nitrogen functional groups attached to an aromatic ring is 1. The number of hydrogen-bond acceptors (Lipinski definition) is 4. The van der Waals surface area contributed by atoms with Crippen molar-refractivity contribution >= 4 is 29.1 Å². The second-order valence-electron chi connectivity index (χ2n) is 4.33. The molecule has 1 aromatic rings. The summed E-state index contributed by atoms with van der Waals surface area (Å²) < 4.78 is 13.5. The SMILES string of the molecule is Nc1cc(C(=O)O)c(F)cc1NCC1CCSC1. The van der Waals surface area contributed by atoms with Crippen molar-refractivity contribution in [2.75, 3.05) is 29.1 Å². The zero-order valence-corrected chi connectivity index (χ0v) is 10.6. The van der Waals surface area contributed by atoms with Crippen molar-refractivity contribution in [1.82, 2.24) is 0 Å².